The lowest BCUT2D eigenvalue weighted by Gasteiger charge is -2.35. The van der Waals surface area contributed by atoms with E-state index in [2.05, 4.69) is 24.0 Å². The molecule has 80 valence electrons. The molecule has 15 heavy (non-hydrogen) atoms. The van der Waals surface area contributed by atoms with Gasteiger partial charge >= 0.3 is 0 Å². The van der Waals surface area contributed by atoms with Crippen molar-refractivity contribution in [1.29, 1.82) is 0 Å². The minimum Gasteiger partial charge on any atom is -0.327 e. The second-order valence-electron chi connectivity index (χ2n) is 5.24. The van der Waals surface area contributed by atoms with E-state index >= 15 is 0 Å². The number of fused-ring (bicyclic) bond motifs is 1. The average molecular weight is 202 g/mol. The van der Waals surface area contributed by atoms with E-state index in [1.807, 2.05) is 6.20 Å². The molecule has 2 unspecified atom stereocenters. The molecule has 1 spiro atoms. The molecule has 2 aliphatic carbocycles. The molecule has 1 heterocycles. The molecule has 1 saturated carbocycles. The zero-order chi connectivity index (χ0) is 10.5. The summed E-state index contributed by atoms with van der Waals surface area (Å²) in [4.78, 5) is 4.49. The van der Waals surface area contributed by atoms with Gasteiger partial charge in [-0.05, 0) is 49.7 Å². The Labute approximate surface area is 90.9 Å². The molecule has 2 atom stereocenters. The van der Waals surface area contributed by atoms with Gasteiger partial charge < -0.3 is 5.73 Å². The summed E-state index contributed by atoms with van der Waals surface area (Å²) in [6, 6.07) is 4.54. The second kappa shape index (κ2) is 3.05. The molecule has 0 amide bonds. The van der Waals surface area contributed by atoms with Gasteiger partial charge in [0, 0.05) is 23.9 Å². The van der Waals surface area contributed by atoms with Crippen LogP contribution < -0.4 is 5.73 Å². The van der Waals surface area contributed by atoms with Crippen LogP contribution in [-0.2, 0) is 6.42 Å². The highest BCUT2D eigenvalue weighted by atomic mass is 14.7. The second-order valence-corrected chi connectivity index (χ2v) is 5.24. The van der Waals surface area contributed by atoms with Crippen LogP contribution in [0, 0.1) is 5.41 Å². The molecule has 2 aliphatic rings. The maximum Gasteiger partial charge on any atom is 0.0439 e. The lowest BCUT2D eigenvalue weighted by atomic mass is 9.71. The van der Waals surface area contributed by atoms with Crippen LogP contribution in [0.25, 0.3) is 0 Å². The Balaban J connectivity index is 2.08. The number of aromatic nitrogens is 1. The summed E-state index contributed by atoms with van der Waals surface area (Å²) >= 11 is 0. The molecule has 0 aliphatic heterocycles. The van der Waals surface area contributed by atoms with Crippen LogP contribution in [0.5, 0.6) is 0 Å². The summed E-state index contributed by atoms with van der Waals surface area (Å²) in [5.41, 5.74) is 9.43. The van der Waals surface area contributed by atoms with Crippen molar-refractivity contribution < 1.29 is 0 Å². The predicted octanol–water partition coefficient (Wildman–Crippen LogP) is 2.24. The van der Waals surface area contributed by atoms with Crippen LogP contribution in [0.1, 0.15) is 43.4 Å². The molecule has 2 heteroatoms. The number of hydrogen-bond acceptors (Lipinski definition) is 2. The normalized spacial score (nSPS) is 28.5. The van der Waals surface area contributed by atoms with E-state index < -0.39 is 0 Å². The van der Waals surface area contributed by atoms with Crippen molar-refractivity contribution in [2.45, 2.75) is 44.6 Å². The van der Waals surface area contributed by atoms with Crippen LogP contribution in [-0.4, -0.2) is 11.0 Å². The van der Waals surface area contributed by atoms with E-state index in [1.165, 1.54) is 30.5 Å². The standard InChI is InChI=1S/C13H18N2/c1-9(14)12-10-3-2-8-15-11(10)4-5-13(12)6-7-13/h2-3,8-9,12H,4-7,14H2,1H3. The summed E-state index contributed by atoms with van der Waals surface area (Å²) in [6.45, 7) is 2.15. The third-order valence-corrected chi connectivity index (χ3v) is 4.20. The topological polar surface area (TPSA) is 38.9 Å². The third-order valence-electron chi connectivity index (χ3n) is 4.20. The molecule has 0 saturated heterocycles. The van der Waals surface area contributed by atoms with E-state index in [9.17, 15) is 0 Å². The van der Waals surface area contributed by atoms with Crippen molar-refractivity contribution >= 4 is 0 Å². The van der Waals surface area contributed by atoms with E-state index in [-0.39, 0.29) is 6.04 Å². The average Bonchev–Trinajstić information content (AvgIpc) is 2.98. The first kappa shape index (κ1) is 9.34. The Hall–Kier alpha value is -0.890. The van der Waals surface area contributed by atoms with E-state index in [4.69, 9.17) is 5.73 Å². The molecule has 1 fully saturated rings. The highest BCUT2D eigenvalue weighted by Gasteiger charge is 2.53. The smallest absolute Gasteiger partial charge is 0.0439 e. The van der Waals surface area contributed by atoms with E-state index in [0.29, 0.717) is 11.3 Å². The predicted molar refractivity (Wildman–Crippen MR) is 60.6 cm³/mol. The molecule has 0 aromatic carbocycles. The van der Waals surface area contributed by atoms with Crippen molar-refractivity contribution in [1.82, 2.24) is 4.98 Å². The van der Waals surface area contributed by atoms with Gasteiger partial charge in [0.05, 0.1) is 0 Å². The molecule has 1 aromatic rings. The lowest BCUT2D eigenvalue weighted by Crippen LogP contribution is -2.35. The number of aryl methyl sites for hydroxylation is 1. The Bertz CT molecular complexity index is 380. The number of nitrogens with two attached hydrogens (primary N) is 1. The lowest BCUT2D eigenvalue weighted by molar-refractivity contribution is 0.309. The largest absolute Gasteiger partial charge is 0.327 e. The van der Waals surface area contributed by atoms with Crippen LogP contribution in [0.15, 0.2) is 18.3 Å². The summed E-state index contributed by atoms with van der Waals surface area (Å²) in [6.07, 6.45) is 7.09. The van der Waals surface area contributed by atoms with Gasteiger partial charge in [0.15, 0.2) is 0 Å². The third kappa shape index (κ3) is 1.31. The molecular weight excluding hydrogens is 184 g/mol. The molecule has 1 aromatic heterocycles. The number of hydrogen-bond donors (Lipinski definition) is 1. The van der Waals surface area contributed by atoms with Gasteiger partial charge in [-0.1, -0.05) is 6.07 Å². The van der Waals surface area contributed by atoms with Gasteiger partial charge in [-0.2, -0.15) is 0 Å². The summed E-state index contributed by atoms with van der Waals surface area (Å²) in [7, 11) is 0. The minimum absolute atomic E-state index is 0.260. The van der Waals surface area contributed by atoms with Crippen molar-refractivity contribution in [2.24, 2.45) is 11.1 Å². The zero-order valence-corrected chi connectivity index (χ0v) is 9.24. The molecular formula is C13H18N2. The monoisotopic (exact) mass is 202 g/mol. The van der Waals surface area contributed by atoms with Crippen LogP contribution >= 0.6 is 0 Å². The van der Waals surface area contributed by atoms with E-state index in [0.717, 1.165) is 6.42 Å². The van der Waals surface area contributed by atoms with Crippen molar-refractivity contribution in [3.63, 3.8) is 0 Å². The fourth-order valence-corrected chi connectivity index (χ4v) is 3.36. The Kier molecular flexibility index (Phi) is 1.90. The molecule has 2 nitrogen and oxygen atoms in total. The Morgan fingerprint density at radius 1 is 1.47 bits per heavy atom. The first-order valence-corrected chi connectivity index (χ1v) is 5.92. The number of pyridine rings is 1. The van der Waals surface area contributed by atoms with Crippen molar-refractivity contribution in [3.8, 4) is 0 Å². The highest BCUT2D eigenvalue weighted by molar-refractivity contribution is 5.33. The maximum absolute atomic E-state index is 6.17. The minimum atomic E-state index is 0.260. The van der Waals surface area contributed by atoms with Crippen molar-refractivity contribution in [2.75, 3.05) is 0 Å². The van der Waals surface area contributed by atoms with Crippen LogP contribution in [0.4, 0.5) is 0 Å². The quantitative estimate of drug-likeness (QED) is 0.758. The zero-order valence-electron chi connectivity index (χ0n) is 9.24. The molecule has 3 rings (SSSR count). The maximum atomic E-state index is 6.17. The van der Waals surface area contributed by atoms with Crippen molar-refractivity contribution in [3.05, 3.63) is 29.6 Å². The SMILES string of the molecule is CC(N)C1c2cccnc2CCC12CC2. The fraction of sp³-hybridized carbons (Fsp3) is 0.615. The van der Waals surface area contributed by atoms with Crippen LogP contribution in [0.3, 0.4) is 0 Å². The first-order chi connectivity index (χ1) is 7.23. The van der Waals surface area contributed by atoms with Gasteiger partial charge in [-0.3, -0.25) is 4.98 Å². The Morgan fingerprint density at radius 2 is 2.27 bits per heavy atom. The van der Waals surface area contributed by atoms with Gasteiger partial charge in [0.25, 0.3) is 0 Å². The Morgan fingerprint density at radius 3 is 2.93 bits per heavy atom. The van der Waals surface area contributed by atoms with Crippen LogP contribution in [0.2, 0.25) is 0 Å². The van der Waals surface area contributed by atoms with Gasteiger partial charge in [0.1, 0.15) is 0 Å². The first-order valence-electron chi connectivity index (χ1n) is 5.92. The summed E-state index contributed by atoms with van der Waals surface area (Å²) < 4.78 is 0. The number of nitrogens with zero attached hydrogens (tertiary/aromatic N) is 1. The summed E-state index contributed by atoms with van der Waals surface area (Å²) in [5.74, 6) is 0.551. The molecule has 0 radical (unpaired) electrons. The van der Waals surface area contributed by atoms with E-state index in [1.54, 1.807) is 0 Å². The highest BCUT2D eigenvalue weighted by Crippen LogP contribution is 2.62. The molecule has 0 bridgehead atoms. The fourth-order valence-electron chi connectivity index (χ4n) is 3.36. The van der Waals surface area contributed by atoms with Gasteiger partial charge in [-0.25, -0.2) is 0 Å². The number of rotatable bonds is 1. The summed E-state index contributed by atoms with van der Waals surface area (Å²) in [5, 5.41) is 0. The molecule has 2 N–H and O–H groups in total. The van der Waals surface area contributed by atoms with Gasteiger partial charge in [0.2, 0.25) is 0 Å². The van der Waals surface area contributed by atoms with Gasteiger partial charge in [-0.15, -0.1) is 0 Å².